The highest BCUT2D eigenvalue weighted by Crippen LogP contribution is 2.36. The van der Waals surface area contributed by atoms with E-state index in [1.54, 1.807) is 0 Å². The second-order valence-electron chi connectivity index (χ2n) is 9.38. The molecule has 0 fully saturated rings. The zero-order valence-corrected chi connectivity index (χ0v) is 21.5. The molecule has 0 bridgehead atoms. The Kier molecular flexibility index (Phi) is 7.20. The van der Waals surface area contributed by atoms with E-state index in [0.29, 0.717) is 18.0 Å². The molecule has 2 N–H and O–H groups in total. The van der Waals surface area contributed by atoms with Crippen LogP contribution >= 0.6 is 0 Å². The van der Waals surface area contributed by atoms with E-state index in [1.165, 1.54) is 11.1 Å². The first-order valence-electron chi connectivity index (χ1n) is 12.8. The molecule has 188 valence electrons. The molecule has 0 saturated carbocycles. The van der Waals surface area contributed by atoms with Gasteiger partial charge in [-0.25, -0.2) is 4.98 Å². The molecule has 5 rings (SSSR count). The van der Waals surface area contributed by atoms with Crippen molar-refractivity contribution >= 4 is 5.69 Å². The first-order valence-corrected chi connectivity index (χ1v) is 12.8. The lowest BCUT2D eigenvalue weighted by molar-refractivity contribution is 0.150. The molecule has 0 spiro atoms. The molecule has 3 heterocycles. The van der Waals surface area contributed by atoms with Gasteiger partial charge in [-0.15, -0.1) is 0 Å². The Hall–Kier alpha value is -4.15. The summed E-state index contributed by atoms with van der Waals surface area (Å²) in [5.41, 5.74) is 8.28. The summed E-state index contributed by atoms with van der Waals surface area (Å²) in [7, 11) is 0. The molecule has 1 aliphatic heterocycles. The van der Waals surface area contributed by atoms with Crippen LogP contribution in [0.4, 0.5) is 5.69 Å². The molecule has 0 radical (unpaired) electrons. The fraction of sp³-hybridized carbons (Fsp3) is 0.300. The van der Waals surface area contributed by atoms with Crippen LogP contribution in [0, 0.1) is 25.2 Å². The number of rotatable bonds is 8. The summed E-state index contributed by atoms with van der Waals surface area (Å²) in [6.07, 6.45) is 2.62. The van der Waals surface area contributed by atoms with Gasteiger partial charge in [-0.2, -0.15) is 10.4 Å². The van der Waals surface area contributed by atoms with E-state index in [2.05, 4.69) is 66.0 Å². The highest BCUT2D eigenvalue weighted by atomic mass is 16.5. The predicted molar refractivity (Wildman–Crippen MR) is 146 cm³/mol. The number of aryl methyl sites for hydroxylation is 2. The van der Waals surface area contributed by atoms with Crippen LogP contribution in [0.5, 0.6) is 5.88 Å². The number of ether oxygens (including phenoxy) is 1. The van der Waals surface area contributed by atoms with Gasteiger partial charge in [0.25, 0.3) is 0 Å². The van der Waals surface area contributed by atoms with E-state index in [0.717, 1.165) is 47.7 Å². The van der Waals surface area contributed by atoms with Crippen molar-refractivity contribution in [1.29, 1.82) is 5.26 Å². The number of anilines is 1. The van der Waals surface area contributed by atoms with Gasteiger partial charge in [0.2, 0.25) is 5.88 Å². The molecule has 0 amide bonds. The Morgan fingerprint density at radius 1 is 1.16 bits per heavy atom. The fourth-order valence-corrected chi connectivity index (χ4v) is 5.06. The van der Waals surface area contributed by atoms with Crippen LogP contribution in [0.25, 0.3) is 11.1 Å². The molecule has 2 aromatic carbocycles. The average molecular weight is 493 g/mol. The van der Waals surface area contributed by atoms with Crippen LogP contribution in [-0.4, -0.2) is 34.0 Å². The molecule has 7 heteroatoms. The lowest BCUT2D eigenvalue weighted by Crippen LogP contribution is -2.43. The Labute approximate surface area is 218 Å². The van der Waals surface area contributed by atoms with Gasteiger partial charge in [0.15, 0.2) is 0 Å². The van der Waals surface area contributed by atoms with Crippen molar-refractivity contribution in [3.05, 3.63) is 94.9 Å². The zero-order chi connectivity index (χ0) is 25.8. The molecule has 0 unspecified atom stereocenters. The first kappa shape index (κ1) is 24.5. The molecule has 0 aliphatic carbocycles. The number of hydrogen-bond donors (Lipinski definition) is 2. The lowest BCUT2D eigenvalue weighted by Gasteiger charge is -2.33. The number of fused-ring (bicyclic) bond motifs is 1. The minimum atomic E-state index is -0.125. The monoisotopic (exact) mass is 492 g/mol. The third-order valence-corrected chi connectivity index (χ3v) is 6.97. The van der Waals surface area contributed by atoms with Crippen molar-refractivity contribution in [3.63, 3.8) is 0 Å². The molecule has 1 aliphatic rings. The number of nitrogens with zero attached hydrogens (tertiary/aromatic N) is 4. The van der Waals surface area contributed by atoms with Gasteiger partial charge in [0.05, 0.1) is 35.6 Å². The van der Waals surface area contributed by atoms with E-state index in [-0.39, 0.29) is 12.1 Å². The summed E-state index contributed by atoms with van der Waals surface area (Å²) in [5.74, 6) is 0.619. The predicted octanol–water partition coefficient (Wildman–Crippen LogP) is 5.20. The fourth-order valence-electron chi connectivity index (χ4n) is 5.06. The maximum atomic E-state index is 9.04. The maximum absolute atomic E-state index is 9.04. The highest BCUT2D eigenvalue weighted by Gasteiger charge is 2.30. The second kappa shape index (κ2) is 10.9. The van der Waals surface area contributed by atoms with Crippen LogP contribution in [0.15, 0.2) is 66.9 Å². The third kappa shape index (κ3) is 5.20. The van der Waals surface area contributed by atoms with Crippen molar-refractivity contribution in [2.45, 2.75) is 45.9 Å². The number of benzene rings is 2. The number of hydrogen-bond acceptors (Lipinski definition) is 6. The SMILES string of the molecule is CCn1nc(C)c(-c2cnc3c(c2)NC[C@@H]([C@H](NCCc2ccc(C#N)cc2)c2ccccc2)O3)c1C. The summed E-state index contributed by atoms with van der Waals surface area (Å²) < 4.78 is 8.49. The molecule has 0 saturated heterocycles. The van der Waals surface area contributed by atoms with Crippen molar-refractivity contribution in [2.75, 3.05) is 18.4 Å². The maximum Gasteiger partial charge on any atom is 0.237 e. The minimum absolute atomic E-state index is 0.00557. The van der Waals surface area contributed by atoms with E-state index >= 15 is 0 Å². The van der Waals surface area contributed by atoms with Gasteiger partial charge in [-0.05, 0) is 63.1 Å². The Balaban J connectivity index is 1.33. The molecule has 2 atom stereocenters. The van der Waals surface area contributed by atoms with Crippen LogP contribution in [0.1, 0.15) is 41.0 Å². The van der Waals surface area contributed by atoms with Gasteiger partial charge < -0.3 is 15.4 Å². The van der Waals surface area contributed by atoms with E-state index in [9.17, 15) is 0 Å². The van der Waals surface area contributed by atoms with Gasteiger partial charge >= 0.3 is 0 Å². The van der Waals surface area contributed by atoms with Crippen molar-refractivity contribution < 1.29 is 4.74 Å². The van der Waals surface area contributed by atoms with E-state index < -0.39 is 0 Å². The van der Waals surface area contributed by atoms with Gasteiger partial charge in [0, 0.05) is 29.6 Å². The van der Waals surface area contributed by atoms with Crippen LogP contribution in [-0.2, 0) is 13.0 Å². The number of nitriles is 1. The van der Waals surface area contributed by atoms with Crippen LogP contribution < -0.4 is 15.4 Å². The Morgan fingerprint density at radius 2 is 1.95 bits per heavy atom. The minimum Gasteiger partial charge on any atom is -0.469 e. The van der Waals surface area contributed by atoms with E-state index in [1.807, 2.05) is 48.1 Å². The van der Waals surface area contributed by atoms with Gasteiger partial charge in [0.1, 0.15) is 6.10 Å². The number of pyridine rings is 1. The number of aromatic nitrogens is 3. The van der Waals surface area contributed by atoms with Crippen molar-refractivity contribution in [3.8, 4) is 23.1 Å². The van der Waals surface area contributed by atoms with Crippen LogP contribution in [0.3, 0.4) is 0 Å². The molecule has 37 heavy (non-hydrogen) atoms. The quantitative estimate of drug-likeness (QED) is 0.352. The first-order chi connectivity index (χ1) is 18.1. The molecule has 4 aromatic rings. The zero-order valence-electron chi connectivity index (χ0n) is 21.5. The Morgan fingerprint density at radius 3 is 2.65 bits per heavy atom. The third-order valence-electron chi connectivity index (χ3n) is 6.97. The summed E-state index contributed by atoms with van der Waals surface area (Å²) in [6.45, 7) is 8.53. The van der Waals surface area contributed by atoms with Gasteiger partial charge in [-0.1, -0.05) is 42.5 Å². The molecule has 7 nitrogen and oxygen atoms in total. The molecular formula is C30H32N6O. The topological polar surface area (TPSA) is 87.8 Å². The summed E-state index contributed by atoms with van der Waals surface area (Å²) in [6, 6.07) is 22.5. The van der Waals surface area contributed by atoms with Crippen molar-refractivity contribution in [2.24, 2.45) is 0 Å². The number of nitrogens with one attached hydrogen (secondary N) is 2. The normalized spacial score (nSPS) is 15.2. The summed E-state index contributed by atoms with van der Waals surface area (Å²) in [4.78, 5) is 4.71. The van der Waals surface area contributed by atoms with Crippen LogP contribution in [0.2, 0.25) is 0 Å². The largest absolute Gasteiger partial charge is 0.469 e. The standard InChI is InChI=1S/C30H32N6O/c1-4-36-21(3)28(20(2)35-36)25-16-26-30(34-18-25)37-27(19-33-26)29(24-8-6-5-7-9-24)32-15-14-22-10-12-23(17-31)13-11-22/h5-13,16,18,27,29,32-33H,4,14-15,19H2,1-3H3/t27-,29+/m0/s1. The highest BCUT2D eigenvalue weighted by molar-refractivity contribution is 5.73. The summed E-state index contributed by atoms with van der Waals surface area (Å²) >= 11 is 0. The Bertz CT molecular complexity index is 1400. The van der Waals surface area contributed by atoms with Crippen molar-refractivity contribution in [1.82, 2.24) is 20.1 Å². The lowest BCUT2D eigenvalue weighted by atomic mass is 9.99. The average Bonchev–Trinajstić information content (AvgIpc) is 3.24. The summed E-state index contributed by atoms with van der Waals surface area (Å²) in [5, 5.41) is 21.0. The molecule has 2 aromatic heterocycles. The molecular weight excluding hydrogens is 460 g/mol. The van der Waals surface area contributed by atoms with E-state index in [4.69, 9.17) is 15.0 Å². The van der Waals surface area contributed by atoms with Gasteiger partial charge in [-0.3, -0.25) is 4.68 Å². The smallest absolute Gasteiger partial charge is 0.237 e. The second-order valence-corrected chi connectivity index (χ2v) is 9.38.